The quantitative estimate of drug-likeness (QED) is 0.858. The summed E-state index contributed by atoms with van der Waals surface area (Å²) in [6.07, 6.45) is 2.52. The molecular formula is C16H16N2O3. The minimum atomic E-state index is -0.819. The van der Waals surface area contributed by atoms with Crippen molar-refractivity contribution >= 4 is 11.7 Å². The van der Waals surface area contributed by atoms with E-state index in [1.54, 1.807) is 12.1 Å². The summed E-state index contributed by atoms with van der Waals surface area (Å²) in [6.45, 7) is 4.00. The molecule has 0 spiro atoms. The van der Waals surface area contributed by atoms with Gasteiger partial charge in [0.25, 0.3) is 0 Å². The van der Waals surface area contributed by atoms with E-state index >= 15 is 0 Å². The maximum Gasteiger partial charge on any atom is 0.205 e. The highest BCUT2D eigenvalue weighted by atomic mass is 16.5. The molecule has 2 heterocycles. The van der Waals surface area contributed by atoms with Crippen molar-refractivity contribution in [2.45, 2.75) is 32.6 Å². The Morgan fingerprint density at radius 1 is 1.43 bits per heavy atom. The van der Waals surface area contributed by atoms with Gasteiger partial charge in [-0.3, -0.25) is 10.2 Å². The number of ether oxygens (including phenoxy) is 1. The monoisotopic (exact) mass is 284 g/mol. The minimum absolute atomic E-state index is 0.0181. The molecule has 21 heavy (non-hydrogen) atoms. The lowest BCUT2D eigenvalue weighted by molar-refractivity contribution is -0.119. The molecule has 2 aliphatic rings. The molecule has 0 fully saturated rings. The van der Waals surface area contributed by atoms with Crippen LogP contribution >= 0.6 is 0 Å². The number of hydrogen-bond donors (Lipinski definition) is 1. The van der Waals surface area contributed by atoms with Gasteiger partial charge in [-0.05, 0) is 17.5 Å². The zero-order chi connectivity index (χ0) is 15.2. The number of ketones is 1. The lowest BCUT2D eigenvalue weighted by Gasteiger charge is -2.38. The van der Waals surface area contributed by atoms with Crippen LogP contribution in [0.25, 0.3) is 0 Å². The van der Waals surface area contributed by atoms with Crippen molar-refractivity contribution in [2.75, 3.05) is 0 Å². The zero-order valence-electron chi connectivity index (χ0n) is 12.0. The van der Waals surface area contributed by atoms with E-state index in [9.17, 15) is 10.1 Å². The van der Waals surface area contributed by atoms with E-state index in [0.29, 0.717) is 29.9 Å². The number of allylic oxidation sites excluding steroid dienone is 2. The van der Waals surface area contributed by atoms with Gasteiger partial charge in [-0.2, -0.15) is 5.26 Å². The van der Waals surface area contributed by atoms with E-state index in [1.807, 2.05) is 13.8 Å². The summed E-state index contributed by atoms with van der Waals surface area (Å²) in [5.74, 6) is -0.423. The largest absolute Gasteiger partial charge is 0.469 e. The van der Waals surface area contributed by atoms with Gasteiger partial charge < -0.3 is 9.15 Å². The Labute approximate surface area is 122 Å². The lowest BCUT2D eigenvalue weighted by Crippen LogP contribution is -2.38. The highest BCUT2D eigenvalue weighted by molar-refractivity contribution is 6.01. The van der Waals surface area contributed by atoms with Gasteiger partial charge in [0.1, 0.15) is 17.4 Å². The number of Topliss-reactive ketones (excluding diaryl/α,β-unsaturated/α-hetero) is 1. The fraction of sp³-hybridized carbons (Fsp3) is 0.438. The second kappa shape index (κ2) is 4.59. The van der Waals surface area contributed by atoms with Gasteiger partial charge >= 0.3 is 0 Å². The number of furan rings is 1. The summed E-state index contributed by atoms with van der Waals surface area (Å²) in [4.78, 5) is 12.6. The number of nitriles is 1. The van der Waals surface area contributed by atoms with Gasteiger partial charge in [0.2, 0.25) is 5.90 Å². The van der Waals surface area contributed by atoms with Gasteiger partial charge in [-0.15, -0.1) is 0 Å². The maximum absolute atomic E-state index is 12.6. The second-order valence-corrected chi connectivity index (χ2v) is 6.34. The van der Waals surface area contributed by atoms with Gasteiger partial charge in [-0.1, -0.05) is 13.8 Å². The summed E-state index contributed by atoms with van der Waals surface area (Å²) in [5.41, 5.74) is 0.315. The van der Waals surface area contributed by atoms with E-state index in [4.69, 9.17) is 14.6 Å². The highest BCUT2D eigenvalue weighted by Crippen LogP contribution is 2.47. The van der Waals surface area contributed by atoms with Crippen LogP contribution < -0.4 is 0 Å². The Bertz CT molecular complexity index is 677. The van der Waals surface area contributed by atoms with Crippen LogP contribution in [0.5, 0.6) is 0 Å². The molecule has 0 saturated heterocycles. The summed E-state index contributed by atoms with van der Waals surface area (Å²) < 4.78 is 10.9. The van der Waals surface area contributed by atoms with Gasteiger partial charge in [0.05, 0.1) is 18.3 Å². The van der Waals surface area contributed by atoms with Crippen molar-refractivity contribution in [2.24, 2.45) is 11.3 Å². The number of nitrogens with zero attached hydrogens (tertiary/aromatic N) is 1. The highest BCUT2D eigenvalue weighted by Gasteiger charge is 2.47. The molecule has 0 radical (unpaired) electrons. The van der Waals surface area contributed by atoms with E-state index < -0.39 is 11.8 Å². The van der Waals surface area contributed by atoms with E-state index in [0.717, 1.165) is 0 Å². The Balaban J connectivity index is 2.16. The molecule has 5 nitrogen and oxygen atoms in total. The normalized spacial score (nSPS) is 27.9. The first-order valence-electron chi connectivity index (χ1n) is 6.88. The predicted octanol–water partition coefficient (Wildman–Crippen LogP) is 3.15. The van der Waals surface area contributed by atoms with Crippen LogP contribution in [0.2, 0.25) is 0 Å². The van der Waals surface area contributed by atoms with Crippen LogP contribution in [0, 0.1) is 28.1 Å². The SMILES string of the molecule is CC1(C)CC(=O)C2=C(C1)OC(=N)C(C#N)C2c1ccco1. The fourth-order valence-electron chi connectivity index (χ4n) is 3.14. The molecule has 1 aliphatic carbocycles. The predicted molar refractivity (Wildman–Crippen MR) is 74.4 cm³/mol. The molecule has 108 valence electrons. The molecule has 1 aromatic heterocycles. The number of rotatable bonds is 1. The summed E-state index contributed by atoms with van der Waals surface area (Å²) in [5, 5.41) is 17.3. The molecule has 0 bridgehead atoms. The van der Waals surface area contributed by atoms with Crippen molar-refractivity contribution in [3.63, 3.8) is 0 Å². The minimum Gasteiger partial charge on any atom is -0.469 e. The second-order valence-electron chi connectivity index (χ2n) is 6.34. The van der Waals surface area contributed by atoms with Crippen LogP contribution in [-0.4, -0.2) is 11.7 Å². The maximum atomic E-state index is 12.6. The molecule has 0 amide bonds. The molecule has 1 aromatic rings. The van der Waals surface area contributed by atoms with E-state index in [1.165, 1.54) is 6.26 Å². The molecule has 3 rings (SSSR count). The Morgan fingerprint density at radius 2 is 2.19 bits per heavy atom. The average Bonchev–Trinajstić information content (AvgIpc) is 2.88. The molecule has 1 N–H and O–H groups in total. The van der Waals surface area contributed by atoms with Crippen molar-refractivity contribution in [1.82, 2.24) is 0 Å². The van der Waals surface area contributed by atoms with Crippen LogP contribution in [0.4, 0.5) is 0 Å². The Kier molecular flexibility index (Phi) is 2.98. The van der Waals surface area contributed by atoms with Crippen molar-refractivity contribution in [3.8, 4) is 6.07 Å². The zero-order valence-corrected chi connectivity index (χ0v) is 12.0. The Hall–Kier alpha value is -2.35. The lowest BCUT2D eigenvalue weighted by atomic mass is 9.69. The first kappa shape index (κ1) is 13.6. The number of carbonyl (C=O) groups excluding carboxylic acids is 1. The molecule has 2 unspecified atom stereocenters. The molecule has 1 aliphatic heterocycles. The van der Waals surface area contributed by atoms with Crippen LogP contribution in [0.1, 0.15) is 38.4 Å². The van der Waals surface area contributed by atoms with Crippen molar-refractivity contribution in [3.05, 3.63) is 35.5 Å². The van der Waals surface area contributed by atoms with Crippen LogP contribution in [0.3, 0.4) is 0 Å². The standard InChI is InChI=1S/C16H16N2O3/c1-16(2)6-10(19)14-12(7-16)21-15(18)9(8-17)13(14)11-4-3-5-20-11/h3-5,9,13,18H,6-7H2,1-2H3. The van der Waals surface area contributed by atoms with Gasteiger partial charge in [0.15, 0.2) is 5.78 Å². The molecule has 0 aromatic carbocycles. The van der Waals surface area contributed by atoms with Crippen molar-refractivity contribution in [1.29, 1.82) is 10.7 Å². The topological polar surface area (TPSA) is 87.1 Å². The van der Waals surface area contributed by atoms with E-state index in [2.05, 4.69) is 6.07 Å². The molecule has 0 saturated carbocycles. The third-order valence-corrected chi connectivity index (χ3v) is 4.03. The summed E-state index contributed by atoms with van der Waals surface area (Å²) >= 11 is 0. The molecule has 5 heteroatoms. The number of nitrogens with one attached hydrogen (secondary N) is 1. The average molecular weight is 284 g/mol. The van der Waals surface area contributed by atoms with Gasteiger partial charge in [0, 0.05) is 18.4 Å². The first-order chi connectivity index (χ1) is 9.93. The smallest absolute Gasteiger partial charge is 0.205 e. The van der Waals surface area contributed by atoms with Crippen molar-refractivity contribution < 1.29 is 13.9 Å². The third kappa shape index (κ3) is 2.17. The first-order valence-corrected chi connectivity index (χ1v) is 6.88. The molecular weight excluding hydrogens is 268 g/mol. The summed E-state index contributed by atoms with van der Waals surface area (Å²) in [7, 11) is 0. The number of hydrogen-bond acceptors (Lipinski definition) is 5. The number of carbonyl (C=O) groups is 1. The van der Waals surface area contributed by atoms with Gasteiger partial charge in [-0.25, -0.2) is 0 Å². The fourth-order valence-corrected chi connectivity index (χ4v) is 3.14. The van der Waals surface area contributed by atoms with Crippen LogP contribution in [0.15, 0.2) is 34.1 Å². The summed E-state index contributed by atoms with van der Waals surface area (Å²) in [6, 6.07) is 5.53. The molecule has 2 atom stereocenters. The Morgan fingerprint density at radius 3 is 2.81 bits per heavy atom. The third-order valence-electron chi connectivity index (χ3n) is 4.03. The van der Waals surface area contributed by atoms with Crippen LogP contribution in [-0.2, 0) is 9.53 Å². The van der Waals surface area contributed by atoms with E-state index in [-0.39, 0.29) is 17.1 Å².